The van der Waals surface area contributed by atoms with Crippen LogP contribution < -0.4 is 0 Å². The molecule has 0 bridgehead atoms. The Hall–Kier alpha value is -1.14. The molecule has 6 heteroatoms. The molecule has 1 fully saturated rings. The summed E-state index contributed by atoms with van der Waals surface area (Å²) in [6, 6.07) is 0. The van der Waals surface area contributed by atoms with Crippen molar-refractivity contribution in [1.29, 1.82) is 0 Å². The number of piperidine rings is 1. The van der Waals surface area contributed by atoms with Crippen molar-refractivity contribution in [3.8, 4) is 0 Å². The third-order valence-corrected chi connectivity index (χ3v) is 7.96. The summed E-state index contributed by atoms with van der Waals surface area (Å²) in [6.45, 7) is 7.49. The minimum Gasteiger partial charge on any atom is -0.465 e. The van der Waals surface area contributed by atoms with Gasteiger partial charge in [-0.05, 0) is 64.6 Å². The van der Waals surface area contributed by atoms with Crippen LogP contribution in [-0.2, 0) is 24.1 Å². The van der Waals surface area contributed by atoms with Gasteiger partial charge in [-0.25, -0.2) is 4.79 Å². The molecule has 1 saturated heterocycles. The first kappa shape index (κ1) is 34.9. The fraction of sp³-hybridized carbons (Fsp3) is 0.938. The highest BCUT2D eigenvalue weighted by Gasteiger charge is 2.25. The predicted molar refractivity (Wildman–Crippen MR) is 156 cm³/mol. The molecule has 0 aromatic rings. The summed E-state index contributed by atoms with van der Waals surface area (Å²) in [4.78, 5) is 36.4. The Bertz CT molecular complexity index is 562. The lowest BCUT2D eigenvalue weighted by Crippen LogP contribution is -2.34. The van der Waals surface area contributed by atoms with Crippen LogP contribution in [0.5, 0.6) is 0 Å². The Kier molecular flexibility index (Phi) is 22.8. The van der Waals surface area contributed by atoms with Crippen molar-refractivity contribution in [2.75, 3.05) is 33.4 Å². The summed E-state index contributed by atoms with van der Waals surface area (Å²) in [5.74, 6) is 0.375. The average Bonchev–Trinajstić information content (AvgIpc) is 2.92. The lowest BCUT2D eigenvalue weighted by Gasteiger charge is -2.28. The predicted octanol–water partition coefficient (Wildman–Crippen LogP) is 8.41. The van der Waals surface area contributed by atoms with Gasteiger partial charge in [-0.2, -0.15) is 4.89 Å². The zero-order valence-electron chi connectivity index (χ0n) is 25.3. The van der Waals surface area contributed by atoms with Crippen molar-refractivity contribution >= 4 is 11.9 Å². The van der Waals surface area contributed by atoms with Gasteiger partial charge in [-0.1, -0.05) is 104 Å². The summed E-state index contributed by atoms with van der Waals surface area (Å²) >= 11 is 0. The van der Waals surface area contributed by atoms with Crippen molar-refractivity contribution < 1.29 is 24.1 Å². The summed E-state index contributed by atoms with van der Waals surface area (Å²) in [5, 5.41) is 0. The fourth-order valence-electron chi connectivity index (χ4n) is 5.23. The van der Waals surface area contributed by atoms with Gasteiger partial charge in [0.15, 0.2) is 0 Å². The van der Waals surface area contributed by atoms with E-state index in [-0.39, 0.29) is 17.9 Å². The van der Waals surface area contributed by atoms with Gasteiger partial charge in [0.2, 0.25) is 0 Å². The summed E-state index contributed by atoms with van der Waals surface area (Å²) < 4.78 is 5.86. The number of likely N-dealkylation sites (tertiary alicyclic amines) is 1. The Morgan fingerprint density at radius 3 is 1.87 bits per heavy atom. The molecule has 1 aliphatic rings. The Balaban J connectivity index is 2.17. The number of carbonyl (C=O) groups is 2. The van der Waals surface area contributed by atoms with Crippen molar-refractivity contribution in [3.05, 3.63) is 0 Å². The zero-order valence-corrected chi connectivity index (χ0v) is 25.3. The summed E-state index contributed by atoms with van der Waals surface area (Å²) in [6.07, 6.45) is 23.7. The normalized spacial score (nSPS) is 15.4. The van der Waals surface area contributed by atoms with E-state index in [0.717, 1.165) is 70.9 Å². The maximum Gasteiger partial charge on any atom is 0.342 e. The second-order valence-electron chi connectivity index (χ2n) is 11.6. The quantitative estimate of drug-likeness (QED) is 0.0502. The molecule has 0 amide bonds. The van der Waals surface area contributed by atoms with Crippen LogP contribution >= 0.6 is 0 Å². The average molecular weight is 540 g/mol. The number of unbranched alkanes of at least 4 members (excludes halogenated alkanes) is 13. The molecule has 6 nitrogen and oxygen atoms in total. The van der Waals surface area contributed by atoms with Gasteiger partial charge in [0.25, 0.3) is 0 Å². The molecule has 224 valence electrons. The molecule has 1 aliphatic heterocycles. The second kappa shape index (κ2) is 24.9. The fourth-order valence-corrected chi connectivity index (χ4v) is 5.23. The van der Waals surface area contributed by atoms with E-state index in [1.807, 2.05) is 0 Å². The first-order valence-electron chi connectivity index (χ1n) is 16.2. The van der Waals surface area contributed by atoms with E-state index in [1.54, 1.807) is 0 Å². The summed E-state index contributed by atoms with van der Waals surface area (Å²) in [7, 11) is 2.12. The maximum atomic E-state index is 12.6. The number of rotatable bonds is 25. The topological polar surface area (TPSA) is 65.1 Å². The van der Waals surface area contributed by atoms with Gasteiger partial charge >= 0.3 is 11.9 Å². The molecular formula is C32H61NO5. The van der Waals surface area contributed by atoms with Gasteiger partial charge in [0.05, 0.1) is 19.1 Å². The van der Waals surface area contributed by atoms with Crippen LogP contribution in [-0.4, -0.2) is 50.2 Å². The monoisotopic (exact) mass is 539 g/mol. The van der Waals surface area contributed by atoms with E-state index in [0.29, 0.717) is 25.6 Å². The van der Waals surface area contributed by atoms with Gasteiger partial charge in [-0.15, -0.1) is 0 Å². The van der Waals surface area contributed by atoms with Crippen LogP contribution in [0.25, 0.3) is 0 Å². The SMILES string of the molecule is CCCCCCCCCC(CCCCCCCCC(=O)OOCCCCC)COC(=O)C1CCN(C)CC1. The van der Waals surface area contributed by atoms with Crippen LogP contribution in [0.1, 0.15) is 149 Å². The molecule has 1 rings (SSSR count). The highest BCUT2D eigenvalue weighted by atomic mass is 17.2. The summed E-state index contributed by atoms with van der Waals surface area (Å²) in [5.41, 5.74) is 0. The maximum absolute atomic E-state index is 12.6. The first-order valence-corrected chi connectivity index (χ1v) is 16.2. The molecule has 1 heterocycles. The third kappa shape index (κ3) is 19.9. The van der Waals surface area contributed by atoms with Crippen LogP contribution in [0.15, 0.2) is 0 Å². The van der Waals surface area contributed by atoms with E-state index >= 15 is 0 Å². The molecule has 1 unspecified atom stereocenters. The molecule has 0 aromatic heterocycles. The Labute approximate surface area is 234 Å². The number of hydrogen-bond acceptors (Lipinski definition) is 6. The Morgan fingerprint density at radius 2 is 1.26 bits per heavy atom. The van der Waals surface area contributed by atoms with Gasteiger partial charge in [0, 0.05) is 6.42 Å². The van der Waals surface area contributed by atoms with Gasteiger partial charge in [0.1, 0.15) is 0 Å². The van der Waals surface area contributed by atoms with E-state index in [9.17, 15) is 9.59 Å². The second-order valence-corrected chi connectivity index (χ2v) is 11.6. The number of nitrogens with zero attached hydrogens (tertiary/aromatic N) is 1. The molecule has 0 aromatic carbocycles. The van der Waals surface area contributed by atoms with Crippen molar-refractivity contribution in [3.63, 3.8) is 0 Å². The largest absolute Gasteiger partial charge is 0.465 e. The zero-order chi connectivity index (χ0) is 27.7. The lowest BCUT2D eigenvalue weighted by atomic mass is 9.94. The highest BCUT2D eigenvalue weighted by molar-refractivity contribution is 5.72. The standard InChI is InChI=1S/C32H61NO5/c1-4-6-8-9-10-13-16-20-29(28-36-32(35)30-23-25-33(3)26-24-30)21-17-14-11-12-15-18-22-31(34)38-37-27-19-7-5-2/h29-30H,4-28H2,1-3H3. The van der Waals surface area contributed by atoms with E-state index < -0.39 is 0 Å². The molecule has 0 aliphatic carbocycles. The molecule has 0 spiro atoms. The van der Waals surface area contributed by atoms with Crippen molar-refractivity contribution in [1.82, 2.24) is 4.90 Å². The minimum atomic E-state index is -0.246. The van der Waals surface area contributed by atoms with E-state index in [2.05, 4.69) is 25.8 Å². The molecule has 1 atom stereocenters. The Morgan fingerprint density at radius 1 is 0.737 bits per heavy atom. The highest BCUT2D eigenvalue weighted by Crippen LogP contribution is 2.22. The van der Waals surface area contributed by atoms with Crippen molar-refractivity contribution in [2.24, 2.45) is 11.8 Å². The lowest BCUT2D eigenvalue weighted by molar-refractivity contribution is -0.272. The van der Waals surface area contributed by atoms with Crippen LogP contribution in [0.4, 0.5) is 0 Å². The molecule has 0 radical (unpaired) electrons. The van der Waals surface area contributed by atoms with Crippen LogP contribution in [0, 0.1) is 11.8 Å². The molecule has 0 N–H and O–H groups in total. The van der Waals surface area contributed by atoms with Crippen LogP contribution in [0.3, 0.4) is 0 Å². The number of ether oxygens (including phenoxy) is 1. The molecule has 0 saturated carbocycles. The molecular weight excluding hydrogens is 478 g/mol. The van der Waals surface area contributed by atoms with Crippen molar-refractivity contribution in [2.45, 2.75) is 149 Å². The van der Waals surface area contributed by atoms with E-state index in [4.69, 9.17) is 14.5 Å². The van der Waals surface area contributed by atoms with Gasteiger partial charge in [-0.3, -0.25) is 9.68 Å². The number of carbonyl (C=O) groups excluding carboxylic acids is 2. The van der Waals surface area contributed by atoms with Crippen LogP contribution in [0.2, 0.25) is 0 Å². The third-order valence-electron chi connectivity index (χ3n) is 7.96. The van der Waals surface area contributed by atoms with Gasteiger partial charge < -0.3 is 9.64 Å². The smallest absolute Gasteiger partial charge is 0.342 e. The number of hydrogen-bond donors (Lipinski definition) is 0. The minimum absolute atomic E-state index is 0.0348. The number of esters is 1. The molecule has 38 heavy (non-hydrogen) atoms. The first-order chi connectivity index (χ1) is 18.6. The van der Waals surface area contributed by atoms with E-state index in [1.165, 1.54) is 70.6 Å².